The number of rotatable bonds is 5. The Morgan fingerprint density at radius 1 is 1.17 bits per heavy atom. The first-order valence-corrected chi connectivity index (χ1v) is 7.73. The van der Waals surface area contributed by atoms with Crippen LogP contribution in [0.25, 0.3) is 10.9 Å². The van der Waals surface area contributed by atoms with E-state index in [4.69, 9.17) is 22.1 Å². The number of para-hydroxylation sites is 1. The minimum absolute atomic E-state index is 0.192. The Morgan fingerprint density at radius 2 is 1.91 bits per heavy atom. The van der Waals surface area contributed by atoms with Crippen LogP contribution in [-0.2, 0) is 22.6 Å². The third-order valence-corrected chi connectivity index (χ3v) is 3.96. The largest absolute Gasteiger partial charge is 0.460 e. The van der Waals surface area contributed by atoms with E-state index in [0.717, 1.165) is 22.0 Å². The van der Waals surface area contributed by atoms with Crippen LogP contribution in [0.5, 0.6) is 0 Å². The standard InChI is InChI=1S/C18H17ClN2O2/c19-14-7-5-12(6-8-14)11-23-18(22)16(20)9-13-10-21-17-4-2-1-3-15(13)17/h1-8,10,16,21H,9,11,20H2/t16-/m0/s1. The van der Waals surface area contributed by atoms with Gasteiger partial charge < -0.3 is 15.5 Å². The van der Waals surface area contributed by atoms with E-state index in [1.54, 1.807) is 12.1 Å². The Bertz CT molecular complexity index is 811. The molecule has 0 bridgehead atoms. The molecule has 3 rings (SSSR count). The third-order valence-electron chi connectivity index (χ3n) is 3.71. The molecule has 0 aliphatic rings. The van der Waals surface area contributed by atoms with E-state index in [1.807, 2.05) is 42.6 Å². The maximum Gasteiger partial charge on any atom is 0.323 e. The quantitative estimate of drug-likeness (QED) is 0.705. The van der Waals surface area contributed by atoms with Gasteiger partial charge in [-0.2, -0.15) is 0 Å². The molecule has 0 aliphatic heterocycles. The van der Waals surface area contributed by atoms with Gasteiger partial charge in [-0.3, -0.25) is 4.79 Å². The predicted molar refractivity (Wildman–Crippen MR) is 91.2 cm³/mol. The average Bonchev–Trinajstić information content (AvgIpc) is 2.97. The first kappa shape index (κ1) is 15.6. The maximum absolute atomic E-state index is 12.1. The lowest BCUT2D eigenvalue weighted by Crippen LogP contribution is -2.34. The van der Waals surface area contributed by atoms with Gasteiger partial charge in [0.2, 0.25) is 0 Å². The Labute approximate surface area is 139 Å². The lowest BCUT2D eigenvalue weighted by atomic mass is 10.1. The summed E-state index contributed by atoms with van der Waals surface area (Å²) in [4.78, 5) is 15.2. The number of nitrogens with one attached hydrogen (secondary N) is 1. The Balaban J connectivity index is 1.60. The molecule has 0 saturated carbocycles. The van der Waals surface area contributed by atoms with E-state index >= 15 is 0 Å². The molecule has 1 aromatic heterocycles. The fraction of sp³-hybridized carbons (Fsp3) is 0.167. The van der Waals surface area contributed by atoms with Gasteiger partial charge in [-0.25, -0.2) is 0 Å². The van der Waals surface area contributed by atoms with Gasteiger partial charge in [-0.1, -0.05) is 41.9 Å². The Hall–Kier alpha value is -2.30. The molecule has 0 spiro atoms. The molecule has 2 aromatic carbocycles. The van der Waals surface area contributed by atoms with Crippen molar-refractivity contribution in [2.75, 3.05) is 0 Å². The molecule has 1 atom stereocenters. The molecular formula is C18H17ClN2O2. The first-order chi connectivity index (χ1) is 11.1. The summed E-state index contributed by atoms with van der Waals surface area (Å²) in [6.45, 7) is 0.192. The highest BCUT2D eigenvalue weighted by molar-refractivity contribution is 6.30. The summed E-state index contributed by atoms with van der Waals surface area (Å²) in [6.07, 6.45) is 2.32. The summed E-state index contributed by atoms with van der Waals surface area (Å²) in [5.74, 6) is -0.412. The van der Waals surface area contributed by atoms with Crippen LogP contribution in [0.4, 0.5) is 0 Å². The summed E-state index contributed by atoms with van der Waals surface area (Å²) in [5, 5.41) is 1.73. The van der Waals surface area contributed by atoms with Crippen LogP contribution in [0, 0.1) is 0 Å². The van der Waals surface area contributed by atoms with Crippen LogP contribution in [0.3, 0.4) is 0 Å². The van der Waals surface area contributed by atoms with E-state index in [2.05, 4.69) is 4.98 Å². The number of benzene rings is 2. The van der Waals surface area contributed by atoms with Gasteiger partial charge in [0.15, 0.2) is 0 Å². The molecule has 0 unspecified atom stereocenters. The maximum atomic E-state index is 12.1. The smallest absolute Gasteiger partial charge is 0.323 e. The van der Waals surface area contributed by atoms with E-state index in [9.17, 15) is 4.79 Å². The predicted octanol–water partition coefficient (Wildman–Crippen LogP) is 3.43. The van der Waals surface area contributed by atoms with Crippen molar-refractivity contribution in [2.24, 2.45) is 5.73 Å². The molecule has 5 heteroatoms. The Morgan fingerprint density at radius 3 is 2.70 bits per heavy atom. The molecule has 0 saturated heterocycles. The fourth-order valence-corrected chi connectivity index (χ4v) is 2.59. The minimum Gasteiger partial charge on any atom is -0.460 e. The number of halogens is 1. The zero-order valence-electron chi connectivity index (χ0n) is 12.5. The molecule has 23 heavy (non-hydrogen) atoms. The zero-order chi connectivity index (χ0) is 16.2. The molecule has 3 N–H and O–H groups in total. The molecule has 4 nitrogen and oxygen atoms in total. The lowest BCUT2D eigenvalue weighted by molar-refractivity contribution is -0.146. The van der Waals surface area contributed by atoms with Gasteiger partial charge in [0.25, 0.3) is 0 Å². The SMILES string of the molecule is N[C@@H](Cc1c[nH]c2ccccc12)C(=O)OCc1ccc(Cl)cc1. The number of carbonyl (C=O) groups is 1. The van der Waals surface area contributed by atoms with Gasteiger partial charge in [-0.15, -0.1) is 0 Å². The second kappa shape index (κ2) is 6.86. The molecule has 0 fully saturated rings. The molecule has 0 radical (unpaired) electrons. The second-order valence-corrected chi connectivity index (χ2v) is 5.84. The van der Waals surface area contributed by atoms with Crippen LogP contribution < -0.4 is 5.73 Å². The molecule has 0 aliphatic carbocycles. The molecule has 118 valence electrons. The normalized spacial score (nSPS) is 12.3. The number of fused-ring (bicyclic) bond motifs is 1. The lowest BCUT2D eigenvalue weighted by Gasteiger charge is -2.11. The highest BCUT2D eigenvalue weighted by Gasteiger charge is 2.17. The molecule has 3 aromatic rings. The van der Waals surface area contributed by atoms with Gasteiger partial charge in [0.1, 0.15) is 12.6 Å². The van der Waals surface area contributed by atoms with E-state index < -0.39 is 12.0 Å². The van der Waals surface area contributed by atoms with Gasteiger partial charge in [0, 0.05) is 28.5 Å². The highest BCUT2D eigenvalue weighted by Crippen LogP contribution is 2.19. The number of carbonyl (C=O) groups excluding carboxylic acids is 1. The van der Waals surface area contributed by atoms with Crippen molar-refractivity contribution in [1.82, 2.24) is 4.98 Å². The van der Waals surface area contributed by atoms with Gasteiger partial charge >= 0.3 is 5.97 Å². The van der Waals surface area contributed by atoms with Crippen molar-refractivity contribution in [2.45, 2.75) is 19.1 Å². The molecular weight excluding hydrogens is 312 g/mol. The summed E-state index contributed by atoms with van der Waals surface area (Å²) in [7, 11) is 0. The van der Waals surface area contributed by atoms with Gasteiger partial charge in [0.05, 0.1) is 0 Å². The van der Waals surface area contributed by atoms with Crippen molar-refractivity contribution in [3.63, 3.8) is 0 Å². The number of nitrogens with two attached hydrogens (primary N) is 1. The zero-order valence-corrected chi connectivity index (χ0v) is 13.2. The van der Waals surface area contributed by atoms with Gasteiger partial charge in [-0.05, 0) is 29.3 Å². The van der Waals surface area contributed by atoms with Crippen LogP contribution in [0.1, 0.15) is 11.1 Å². The minimum atomic E-state index is -0.693. The van der Waals surface area contributed by atoms with Crippen LogP contribution in [0.2, 0.25) is 5.02 Å². The van der Waals surface area contributed by atoms with Crippen LogP contribution >= 0.6 is 11.6 Å². The third kappa shape index (κ3) is 3.73. The van der Waals surface area contributed by atoms with Crippen molar-refractivity contribution in [1.29, 1.82) is 0 Å². The Kier molecular flexibility index (Phi) is 4.65. The first-order valence-electron chi connectivity index (χ1n) is 7.35. The van der Waals surface area contributed by atoms with E-state index in [-0.39, 0.29) is 6.61 Å². The fourth-order valence-electron chi connectivity index (χ4n) is 2.46. The van der Waals surface area contributed by atoms with Crippen molar-refractivity contribution >= 4 is 28.5 Å². The number of H-pyrrole nitrogens is 1. The summed E-state index contributed by atoms with van der Waals surface area (Å²) in [6, 6.07) is 14.4. The topological polar surface area (TPSA) is 68.1 Å². The van der Waals surface area contributed by atoms with Crippen molar-refractivity contribution < 1.29 is 9.53 Å². The molecule has 0 amide bonds. The highest BCUT2D eigenvalue weighted by atomic mass is 35.5. The van der Waals surface area contributed by atoms with Crippen LogP contribution in [-0.4, -0.2) is 17.0 Å². The number of aromatic amines is 1. The summed E-state index contributed by atoms with van der Waals surface area (Å²) in [5.41, 5.74) is 8.90. The molecule has 1 heterocycles. The summed E-state index contributed by atoms with van der Waals surface area (Å²) < 4.78 is 5.27. The number of hydrogen-bond acceptors (Lipinski definition) is 3. The number of hydrogen-bond donors (Lipinski definition) is 2. The number of esters is 1. The van der Waals surface area contributed by atoms with Crippen molar-refractivity contribution in [3.05, 3.63) is 70.9 Å². The number of ether oxygens (including phenoxy) is 1. The monoisotopic (exact) mass is 328 g/mol. The van der Waals surface area contributed by atoms with E-state index in [0.29, 0.717) is 11.4 Å². The second-order valence-electron chi connectivity index (χ2n) is 5.40. The van der Waals surface area contributed by atoms with E-state index in [1.165, 1.54) is 0 Å². The van der Waals surface area contributed by atoms with Crippen LogP contribution in [0.15, 0.2) is 54.7 Å². The average molecular weight is 329 g/mol. The van der Waals surface area contributed by atoms with Crippen molar-refractivity contribution in [3.8, 4) is 0 Å². The number of aromatic nitrogens is 1. The summed E-state index contributed by atoms with van der Waals surface area (Å²) >= 11 is 5.82.